The quantitative estimate of drug-likeness (QED) is 0.383. The lowest BCUT2D eigenvalue weighted by atomic mass is 10.0. The zero-order valence-electron chi connectivity index (χ0n) is 18.4. The van der Waals surface area contributed by atoms with Crippen LogP contribution in [0.15, 0.2) is 36.9 Å². The second kappa shape index (κ2) is 9.84. The number of pyridine rings is 1. The Bertz CT molecular complexity index is 1340. The monoisotopic (exact) mass is 509 g/mol. The first-order valence-corrected chi connectivity index (χ1v) is 10.6. The van der Waals surface area contributed by atoms with Crippen molar-refractivity contribution >= 4 is 34.7 Å². The van der Waals surface area contributed by atoms with E-state index in [0.29, 0.717) is 30.1 Å². The minimum Gasteiger partial charge on any atom is -0.384 e. The number of hydrogen-bond donors (Lipinski definition) is 2. The van der Waals surface area contributed by atoms with Crippen LogP contribution >= 0.6 is 11.6 Å². The van der Waals surface area contributed by atoms with E-state index in [0.717, 1.165) is 17.1 Å². The number of aromatic nitrogens is 7. The van der Waals surface area contributed by atoms with Gasteiger partial charge in [-0.3, -0.25) is 0 Å². The third-order valence-electron chi connectivity index (χ3n) is 5.02. The Balaban J connectivity index is 1.64. The van der Waals surface area contributed by atoms with Crippen LogP contribution in [0.1, 0.15) is 30.5 Å². The molecule has 4 aromatic rings. The largest absolute Gasteiger partial charge is 0.420 e. The highest BCUT2D eigenvalue weighted by Crippen LogP contribution is 2.34. The van der Waals surface area contributed by atoms with E-state index in [4.69, 9.17) is 16.3 Å². The average Bonchev–Trinajstić information content (AvgIpc) is 3.46. The summed E-state index contributed by atoms with van der Waals surface area (Å²) in [5.74, 6) is -0.706. The van der Waals surface area contributed by atoms with E-state index in [-0.39, 0.29) is 16.8 Å². The van der Waals surface area contributed by atoms with Gasteiger partial charge in [0.15, 0.2) is 16.6 Å². The third-order valence-corrected chi connectivity index (χ3v) is 5.21. The Morgan fingerprint density at radius 3 is 2.57 bits per heavy atom. The van der Waals surface area contributed by atoms with Crippen LogP contribution in [-0.4, -0.2) is 54.3 Å². The van der Waals surface area contributed by atoms with Crippen LogP contribution in [0.4, 0.5) is 29.3 Å². The van der Waals surface area contributed by atoms with Crippen LogP contribution in [0.3, 0.4) is 0 Å². The SMILES string of the molecule is CC[C@H](COC)c1c(NC(=O)Nc2cnc(-n3nccn3)c(C(F)(F)F)c2)cnc2cc(Cl)nn12. The molecule has 35 heavy (non-hydrogen) atoms. The molecule has 4 heterocycles. The van der Waals surface area contributed by atoms with Gasteiger partial charge >= 0.3 is 12.2 Å². The van der Waals surface area contributed by atoms with E-state index < -0.39 is 23.6 Å². The number of nitrogens with zero attached hydrogens (tertiary/aromatic N) is 7. The molecule has 0 saturated heterocycles. The van der Waals surface area contributed by atoms with Crippen molar-refractivity contribution in [3.05, 3.63) is 53.3 Å². The number of alkyl halides is 3. The molecule has 0 radical (unpaired) electrons. The summed E-state index contributed by atoms with van der Waals surface area (Å²) in [6, 6.07) is 1.51. The fourth-order valence-electron chi connectivity index (χ4n) is 3.51. The molecule has 4 aromatic heterocycles. The van der Waals surface area contributed by atoms with Gasteiger partial charge in [-0.1, -0.05) is 18.5 Å². The number of hydrogen-bond acceptors (Lipinski definition) is 7. The summed E-state index contributed by atoms with van der Waals surface area (Å²) in [7, 11) is 1.55. The number of ether oxygens (including phenoxy) is 1. The van der Waals surface area contributed by atoms with Gasteiger partial charge in [-0.2, -0.15) is 28.5 Å². The van der Waals surface area contributed by atoms with Crippen molar-refractivity contribution in [2.24, 2.45) is 0 Å². The zero-order chi connectivity index (χ0) is 25.2. The van der Waals surface area contributed by atoms with E-state index in [9.17, 15) is 18.0 Å². The molecule has 11 nitrogen and oxygen atoms in total. The molecule has 4 rings (SSSR count). The zero-order valence-corrected chi connectivity index (χ0v) is 19.2. The lowest BCUT2D eigenvalue weighted by Gasteiger charge is -2.20. The van der Waals surface area contributed by atoms with Gasteiger partial charge in [0.05, 0.1) is 48.5 Å². The fourth-order valence-corrected chi connectivity index (χ4v) is 3.68. The Kier molecular flexibility index (Phi) is 6.84. The molecule has 2 N–H and O–H groups in total. The standard InChI is InChI=1S/C20H19ClF3N9O2/c1-3-11(10-35-2)17-14(9-25-16-7-15(21)31-32(16)17)30-19(34)29-12-6-13(20(22,23)24)18(26-8-12)33-27-4-5-28-33/h4-9,11H,3,10H2,1-2H3,(H2,29,30,34)/t11-/m1/s1. The van der Waals surface area contributed by atoms with Crippen LogP contribution in [-0.2, 0) is 10.9 Å². The number of halogens is 4. The summed E-state index contributed by atoms with van der Waals surface area (Å²) >= 11 is 6.03. The van der Waals surface area contributed by atoms with Crippen molar-refractivity contribution in [2.45, 2.75) is 25.4 Å². The molecule has 0 aromatic carbocycles. The van der Waals surface area contributed by atoms with Crippen molar-refractivity contribution in [1.82, 2.24) is 34.6 Å². The third kappa shape index (κ3) is 5.17. The summed E-state index contributed by atoms with van der Waals surface area (Å²) in [6.45, 7) is 2.26. The predicted molar refractivity (Wildman–Crippen MR) is 120 cm³/mol. The highest BCUT2D eigenvalue weighted by Gasteiger charge is 2.36. The number of carbonyl (C=O) groups is 1. The summed E-state index contributed by atoms with van der Waals surface area (Å²) < 4.78 is 47.7. The summed E-state index contributed by atoms with van der Waals surface area (Å²) in [5.41, 5.74) is 0.0305. The van der Waals surface area contributed by atoms with Gasteiger partial charge in [0, 0.05) is 19.1 Å². The number of fused-ring (bicyclic) bond motifs is 1. The lowest BCUT2D eigenvalue weighted by molar-refractivity contribution is -0.137. The highest BCUT2D eigenvalue weighted by atomic mass is 35.5. The van der Waals surface area contributed by atoms with Gasteiger partial charge in [-0.05, 0) is 12.5 Å². The molecule has 0 unspecified atom stereocenters. The second-order valence-corrected chi connectivity index (χ2v) is 7.73. The van der Waals surface area contributed by atoms with Crippen molar-refractivity contribution in [3.63, 3.8) is 0 Å². The van der Waals surface area contributed by atoms with Crippen molar-refractivity contribution in [1.29, 1.82) is 0 Å². The maximum absolute atomic E-state index is 13.6. The molecule has 0 aliphatic heterocycles. The van der Waals surface area contributed by atoms with Crippen molar-refractivity contribution in [2.75, 3.05) is 24.4 Å². The first kappa shape index (κ1) is 24.3. The van der Waals surface area contributed by atoms with Crippen molar-refractivity contribution in [3.8, 4) is 5.82 Å². The maximum atomic E-state index is 13.6. The van der Waals surface area contributed by atoms with Crippen LogP contribution in [0.25, 0.3) is 11.5 Å². The van der Waals surface area contributed by atoms with Gasteiger partial charge < -0.3 is 15.4 Å². The van der Waals surface area contributed by atoms with Crippen LogP contribution < -0.4 is 10.6 Å². The normalized spacial score (nSPS) is 12.6. The van der Waals surface area contributed by atoms with E-state index in [1.807, 2.05) is 6.92 Å². The molecule has 184 valence electrons. The van der Waals surface area contributed by atoms with Gasteiger partial charge in [0.25, 0.3) is 0 Å². The van der Waals surface area contributed by atoms with E-state index in [1.54, 1.807) is 13.2 Å². The van der Waals surface area contributed by atoms with Crippen LogP contribution in [0, 0.1) is 0 Å². The second-order valence-electron chi connectivity index (χ2n) is 7.35. The minimum absolute atomic E-state index is 0.184. The van der Waals surface area contributed by atoms with Gasteiger partial charge in [-0.25, -0.2) is 19.3 Å². The number of nitrogens with one attached hydrogen (secondary N) is 2. The maximum Gasteiger partial charge on any atom is 0.420 e. The van der Waals surface area contributed by atoms with Gasteiger partial charge in [0.2, 0.25) is 0 Å². The molecule has 0 aliphatic rings. The highest BCUT2D eigenvalue weighted by molar-refractivity contribution is 6.29. The number of carbonyl (C=O) groups excluding carboxylic acids is 1. The molecule has 0 saturated carbocycles. The molecule has 1 atom stereocenters. The Morgan fingerprint density at radius 2 is 1.91 bits per heavy atom. The molecular weight excluding hydrogens is 491 g/mol. The van der Waals surface area contributed by atoms with Crippen LogP contribution in [0.5, 0.6) is 0 Å². The molecule has 0 spiro atoms. The number of rotatable bonds is 7. The Labute approximate surface area is 201 Å². The van der Waals surface area contributed by atoms with Crippen molar-refractivity contribution < 1.29 is 22.7 Å². The molecule has 0 aliphatic carbocycles. The first-order chi connectivity index (χ1) is 16.7. The summed E-state index contributed by atoms with van der Waals surface area (Å²) in [5, 5.41) is 16.8. The summed E-state index contributed by atoms with van der Waals surface area (Å²) in [6.07, 6.45) is 0.825. The average molecular weight is 510 g/mol. The van der Waals surface area contributed by atoms with E-state index in [1.165, 1.54) is 23.1 Å². The fraction of sp³-hybridized carbons (Fsp3) is 0.300. The molecule has 2 amide bonds. The van der Waals surface area contributed by atoms with Gasteiger partial charge in [-0.15, -0.1) is 4.80 Å². The van der Waals surface area contributed by atoms with Crippen LogP contribution in [0.2, 0.25) is 5.15 Å². The Hall–Kier alpha value is -3.78. The minimum atomic E-state index is -4.76. The van der Waals surface area contributed by atoms with Gasteiger partial charge in [0.1, 0.15) is 5.56 Å². The predicted octanol–water partition coefficient (Wildman–Crippen LogP) is 4.16. The molecule has 0 fully saturated rings. The number of methoxy groups -OCH3 is 1. The van der Waals surface area contributed by atoms with E-state index in [2.05, 4.69) is 35.9 Å². The van der Waals surface area contributed by atoms with E-state index >= 15 is 0 Å². The number of amides is 2. The molecular formula is C20H19ClF3N9O2. The Morgan fingerprint density at radius 1 is 1.17 bits per heavy atom. The lowest BCUT2D eigenvalue weighted by Crippen LogP contribution is -2.24. The summed E-state index contributed by atoms with van der Waals surface area (Å²) in [4.78, 5) is 21.5. The molecule has 0 bridgehead atoms. The molecule has 15 heteroatoms. The number of urea groups is 1. The smallest absolute Gasteiger partial charge is 0.384 e. The number of anilines is 2. The topological polar surface area (TPSA) is 124 Å². The first-order valence-electron chi connectivity index (χ1n) is 10.3.